The van der Waals surface area contributed by atoms with Crippen molar-refractivity contribution in [1.29, 1.82) is 0 Å². The molecule has 2 aromatic rings. The average Bonchev–Trinajstić information content (AvgIpc) is 2.45. The number of non-ortho nitro benzene ring substituents is 1. The number of nitrogens with zero attached hydrogens (tertiary/aromatic N) is 1. The molecule has 2 aromatic carbocycles. The summed E-state index contributed by atoms with van der Waals surface area (Å²) in [6.07, 6.45) is -0.770. The Labute approximate surface area is 131 Å². The number of rotatable bonds is 5. The number of nitro groups is 1. The van der Waals surface area contributed by atoms with Crippen LogP contribution in [0.2, 0.25) is 5.02 Å². The molecule has 21 heavy (non-hydrogen) atoms. The predicted octanol–water partition coefficient (Wildman–Crippen LogP) is 4.38. The Morgan fingerprint density at radius 2 is 2.10 bits per heavy atom. The van der Waals surface area contributed by atoms with Gasteiger partial charge in [0.1, 0.15) is 0 Å². The molecule has 0 aliphatic rings. The van der Waals surface area contributed by atoms with Crippen LogP contribution in [-0.4, -0.2) is 15.8 Å². The highest BCUT2D eigenvalue weighted by Gasteiger charge is 2.15. The second-order valence-corrected chi connectivity index (χ2v) is 6.11. The number of aryl methyl sites for hydroxylation is 1. The Hall–Kier alpha value is -1.56. The van der Waals surface area contributed by atoms with Crippen molar-refractivity contribution in [2.45, 2.75) is 17.9 Å². The van der Waals surface area contributed by atoms with Gasteiger partial charge in [0.15, 0.2) is 0 Å². The van der Waals surface area contributed by atoms with Crippen LogP contribution in [0.4, 0.5) is 5.69 Å². The molecule has 0 aliphatic carbocycles. The monoisotopic (exact) mass is 323 g/mol. The third kappa shape index (κ3) is 4.20. The summed E-state index contributed by atoms with van der Waals surface area (Å²) in [5.41, 5.74) is 1.40. The van der Waals surface area contributed by atoms with Crippen LogP contribution in [0.1, 0.15) is 17.2 Å². The third-order valence-corrected chi connectivity index (χ3v) is 4.34. The van der Waals surface area contributed by atoms with Gasteiger partial charge < -0.3 is 5.11 Å². The van der Waals surface area contributed by atoms with E-state index in [1.165, 1.54) is 23.9 Å². The Morgan fingerprint density at radius 1 is 1.33 bits per heavy atom. The van der Waals surface area contributed by atoms with Gasteiger partial charge in [-0.1, -0.05) is 23.7 Å². The van der Waals surface area contributed by atoms with Crippen molar-refractivity contribution in [3.8, 4) is 0 Å². The molecule has 0 heterocycles. The van der Waals surface area contributed by atoms with Crippen LogP contribution in [0, 0.1) is 17.0 Å². The number of nitro benzene ring substituents is 1. The third-order valence-electron chi connectivity index (χ3n) is 3.04. The minimum atomic E-state index is -0.770. The highest BCUT2D eigenvalue weighted by atomic mass is 35.5. The number of halogens is 1. The van der Waals surface area contributed by atoms with Gasteiger partial charge in [-0.15, -0.1) is 11.8 Å². The zero-order valence-corrected chi connectivity index (χ0v) is 12.9. The molecule has 110 valence electrons. The molecule has 1 unspecified atom stereocenters. The van der Waals surface area contributed by atoms with Crippen molar-refractivity contribution in [3.05, 3.63) is 68.7 Å². The molecule has 1 N–H and O–H groups in total. The van der Waals surface area contributed by atoms with E-state index in [1.807, 2.05) is 25.1 Å². The summed E-state index contributed by atoms with van der Waals surface area (Å²) in [7, 11) is 0. The van der Waals surface area contributed by atoms with Gasteiger partial charge in [-0.3, -0.25) is 10.1 Å². The van der Waals surface area contributed by atoms with Crippen LogP contribution in [-0.2, 0) is 0 Å². The molecule has 0 spiro atoms. The summed E-state index contributed by atoms with van der Waals surface area (Å²) in [5.74, 6) is 0.405. The quantitative estimate of drug-likeness (QED) is 0.504. The van der Waals surface area contributed by atoms with Crippen molar-refractivity contribution >= 4 is 29.1 Å². The summed E-state index contributed by atoms with van der Waals surface area (Å²) < 4.78 is 0. The van der Waals surface area contributed by atoms with E-state index in [9.17, 15) is 15.2 Å². The highest BCUT2D eigenvalue weighted by Crippen LogP contribution is 2.29. The maximum atomic E-state index is 10.8. The molecule has 0 bridgehead atoms. The molecule has 0 aromatic heterocycles. The van der Waals surface area contributed by atoms with E-state index < -0.39 is 11.0 Å². The van der Waals surface area contributed by atoms with E-state index in [2.05, 4.69) is 0 Å². The molecule has 2 rings (SSSR count). The average molecular weight is 324 g/mol. The van der Waals surface area contributed by atoms with Crippen LogP contribution in [0.15, 0.2) is 47.4 Å². The molecule has 6 heteroatoms. The summed E-state index contributed by atoms with van der Waals surface area (Å²) in [4.78, 5) is 11.3. The van der Waals surface area contributed by atoms with E-state index in [-0.39, 0.29) is 5.69 Å². The first kappa shape index (κ1) is 15.8. The smallest absolute Gasteiger partial charge is 0.269 e. The van der Waals surface area contributed by atoms with E-state index in [1.54, 1.807) is 12.1 Å². The van der Waals surface area contributed by atoms with Gasteiger partial charge in [-0.2, -0.15) is 0 Å². The number of benzene rings is 2. The van der Waals surface area contributed by atoms with Gasteiger partial charge in [0, 0.05) is 27.8 Å². The number of hydrogen-bond donors (Lipinski definition) is 1. The highest BCUT2D eigenvalue weighted by molar-refractivity contribution is 7.99. The van der Waals surface area contributed by atoms with Gasteiger partial charge in [0.2, 0.25) is 0 Å². The fourth-order valence-corrected chi connectivity index (χ4v) is 3.09. The second kappa shape index (κ2) is 6.93. The molecular weight excluding hydrogens is 310 g/mol. The summed E-state index contributed by atoms with van der Waals surface area (Å²) >= 11 is 7.36. The van der Waals surface area contributed by atoms with E-state index in [0.717, 1.165) is 10.5 Å². The van der Waals surface area contributed by atoms with E-state index in [4.69, 9.17) is 11.6 Å². The fourth-order valence-electron chi connectivity index (χ4n) is 1.92. The number of hydrogen-bond acceptors (Lipinski definition) is 4. The first-order valence-electron chi connectivity index (χ1n) is 6.29. The lowest BCUT2D eigenvalue weighted by atomic mass is 10.0. The van der Waals surface area contributed by atoms with Crippen LogP contribution in [0.25, 0.3) is 0 Å². The van der Waals surface area contributed by atoms with Crippen molar-refractivity contribution in [2.75, 3.05) is 5.75 Å². The number of aliphatic hydroxyl groups excluding tert-OH is 1. The van der Waals surface area contributed by atoms with Gasteiger partial charge in [-0.05, 0) is 36.2 Å². The van der Waals surface area contributed by atoms with Crippen LogP contribution in [0.5, 0.6) is 0 Å². The lowest BCUT2D eigenvalue weighted by molar-refractivity contribution is -0.385. The second-order valence-electron chi connectivity index (χ2n) is 4.58. The molecule has 0 fully saturated rings. The molecular formula is C15H14ClNO3S. The van der Waals surface area contributed by atoms with Crippen LogP contribution >= 0.6 is 23.4 Å². The minimum absolute atomic E-state index is 0.0117. The molecule has 0 saturated heterocycles. The van der Waals surface area contributed by atoms with E-state index in [0.29, 0.717) is 16.3 Å². The Balaban J connectivity index is 2.11. The SMILES string of the molecule is Cc1ccc([N+](=O)[O-])cc1C(O)CSc1cccc(Cl)c1. The molecule has 1 atom stereocenters. The zero-order valence-electron chi connectivity index (χ0n) is 11.3. The van der Waals surface area contributed by atoms with Crippen molar-refractivity contribution < 1.29 is 10.0 Å². The van der Waals surface area contributed by atoms with Gasteiger partial charge in [0.25, 0.3) is 5.69 Å². The Bertz CT molecular complexity index is 663. The van der Waals surface area contributed by atoms with Gasteiger partial charge in [-0.25, -0.2) is 0 Å². The minimum Gasteiger partial charge on any atom is -0.388 e. The number of thioether (sulfide) groups is 1. The Kier molecular flexibility index (Phi) is 5.22. The zero-order chi connectivity index (χ0) is 15.4. The molecule has 4 nitrogen and oxygen atoms in total. The lowest BCUT2D eigenvalue weighted by Gasteiger charge is -2.13. The van der Waals surface area contributed by atoms with Crippen LogP contribution < -0.4 is 0 Å². The van der Waals surface area contributed by atoms with Gasteiger partial charge in [0.05, 0.1) is 11.0 Å². The number of aliphatic hydroxyl groups is 1. The van der Waals surface area contributed by atoms with Crippen molar-refractivity contribution in [3.63, 3.8) is 0 Å². The summed E-state index contributed by atoms with van der Waals surface area (Å²) in [5, 5.41) is 21.7. The molecule has 0 aliphatic heterocycles. The van der Waals surface area contributed by atoms with Crippen molar-refractivity contribution in [2.24, 2.45) is 0 Å². The standard InChI is InChI=1S/C15H14ClNO3S/c1-10-5-6-12(17(19)20)8-14(10)15(18)9-21-13-4-2-3-11(16)7-13/h2-8,15,18H,9H2,1H3. The fraction of sp³-hybridized carbons (Fsp3) is 0.200. The van der Waals surface area contributed by atoms with Gasteiger partial charge >= 0.3 is 0 Å². The normalized spacial score (nSPS) is 12.1. The summed E-state index contributed by atoms with van der Waals surface area (Å²) in [6.45, 7) is 1.83. The largest absolute Gasteiger partial charge is 0.388 e. The Morgan fingerprint density at radius 3 is 2.76 bits per heavy atom. The molecule has 0 radical (unpaired) electrons. The van der Waals surface area contributed by atoms with Crippen molar-refractivity contribution in [1.82, 2.24) is 0 Å². The molecule has 0 amide bonds. The predicted molar refractivity (Wildman–Crippen MR) is 85.0 cm³/mol. The lowest BCUT2D eigenvalue weighted by Crippen LogP contribution is -2.04. The first-order chi connectivity index (χ1) is 9.97. The topological polar surface area (TPSA) is 63.4 Å². The maximum absolute atomic E-state index is 10.8. The first-order valence-corrected chi connectivity index (χ1v) is 7.65. The van der Waals surface area contributed by atoms with Crippen LogP contribution in [0.3, 0.4) is 0 Å². The summed E-state index contributed by atoms with van der Waals surface area (Å²) in [6, 6.07) is 11.9. The maximum Gasteiger partial charge on any atom is 0.269 e. The molecule has 0 saturated carbocycles. The van der Waals surface area contributed by atoms with E-state index >= 15 is 0 Å².